The SMILES string of the molecule is COC1C(O[Si](C)(C)C(C)(C)C)[C@@H](CON(C)C(C)C)O[C@H]1n1ccc(=O)[nH]c1=O. The van der Waals surface area contributed by atoms with Crippen LogP contribution in [0.3, 0.4) is 0 Å². The lowest BCUT2D eigenvalue weighted by atomic mass is 10.1. The molecule has 30 heavy (non-hydrogen) atoms. The fourth-order valence-corrected chi connectivity index (χ4v) is 4.26. The summed E-state index contributed by atoms with van der Waals surface area (Å²) >= 11 is 0. The highest BCUT2D eigenvalue weighted by Crippen LogP contribution is 2.41. The Balaban J connectivity index is 2.38. The van der Waals surface area contributed by atoms with Crippen LogP contribution >= 0.6 is 0 Å². The van der Waals surface area contributed by atoms with Gasteiger partial charge in [-0.25, -0.2) is 4.79 Å². The number of nitrogens with zero attached hydrogens (tertiary/aromatic N) is 2. The molecule has 4 atom stereocenters. The number of aromatic amines is 1. The van der Waals surface area contributed by atoms with Crippen LogP contribution in [-0.4, -0.2) is 68.0 Å². The molecular formula is C20H37N3O6Si. The van der Waals surface area contributed by atoms with Crippen LogP contribution < -0.4 is 11.2 Å². The minimum atomic E-state index is -2.18. The van der Waals surface area contributed by atoms with Gasteiger partial charge in [0.2, 0.25) is 0 Å². The van der Waals surface area contributed by atoms with Gasteiger partial charge in [-0.1, -0.05) is 20.8 Å². The summed E-state index contributed by atoms with van der Waals surface area (Å²) < 4.78 is 20.0. The first-order valence-electron chi connectivity index (χ1n) is 10.3. The van der Waals surface area contributed by atoms with Gasteiger partial charge in [-0.2, -0.15) is 5.06 Å². The maximum Gasteiger partial charge on any atom is 0.330 e. The molecule has 1 aliphatic heterocycles. The molecule has 1 aromatic heterocycles. The molecule has 0 radical (unpaired) electrons. The Hall–Kier alpha value is -1.30. The van der Waals surface area contributed by atoms with E-state index in [9.17, 15) is 9.59 Å². The number of aromatic nitrogens is 2. The Kier molecular flexibility index (Phi) is 7.87. The third-order valence-electron chi connectivity index (χ3n) is 6.09. The first-order valence-corrected chi connectivity index (χ1v) is 13.2. The summed E-state index contributed by atoms with van der Waals surface area (Å²) in [6.45, 7) is 15.1. The average molecular weight is 444 g/mol. The zero-order valence-corrected chi connectivity index (χ0v) is 20.6. The fraction of sp³-hybridized carbons (Fsp3) is 0.800. The molecule has 1 fully saturated rings. The van der Waals surface area contributed by atoms with Crippen molar-refractivity contribution in [2.75, 3.05) is 20.8 Å². The number of hydrogen-bond acceptors (Lipinski definition) is 7. The van der Waals surface area contributed by atoms with Gasteiger partial charge in [0.05, 0.1) is 6.61 Å². The largest absolute Gasteiger partial charge is 0.408 e. The number of methoxy groups -OCH3 is 1. The van der Waals surface area contributed by atoms with Gasteiger partial charge in [-0.15, -0.1) is 0 Å². The van der Waals surface area contributed by atoms with Gasteiger partial charge in [0.15, 0.2) is 14.5 Å². The summed E-state index contributed by atoms with van der Waals surface area (Å²) in [6, 6.07) is 1.49. The van der Waals surface area contributed by atoms with E-state index in [2.05, 4.69) is 38.8 Å². The van der Waals surface area contributed by atoms with Crippen molar-refractivity contribution in [1.29, 1.82) is 0 Å². The second kappa shape index (κ2) is 9.45. The van der Waals surface area contributed by atoms with Crippen molar-refractivity contribution >= 4 is 8.32 Å². The van der Waals surface area contributed by atoms with E-state index in [1.165, 1.54) is 16.8 Å². The molecule has 2 unspecified atom stereocenters. The summed E-state index contributed by atoms with van der Waals surface area (Å²) in [5.41, 5.74) is -1.02. The maximum atomic E-state index is 12.4. The molecule has 1 saturated heterocycles. The van der Waals surface area contributed by atoms with E-state index in [0.29, 0.717) is 0 Å². The van der Waals surface area contributed by atoms with E-state index in [-0.39, 0.29) is 17.7 Å². The van der Waals surface area contributed by atoms with E-state index in [1.807, 2.05) is 20.9 Å². The summed E-state index contributed by atoms with van der Waals surface area (Å²) in [7, 11) is 1.26. The minimum absolute atomic E-state index is 0.0155. The molecule has 2 rings (SSSR count). The van der Waals surface area contributed by atoms with Gasteiger partial charge in [0.25, 0.3) is 5.56 Å². The second-order valence-electron chi connectivity index (χ2n) is 9.56. The molecule has 0 aliphatic carbocycles. The van der Waals surface area contributed by atoms with Crippen LogP contribution in [0.1, 0.15) is 40.8 Å². The van der Waals surface area contributed by atoms with Crippen LogP contribution in [0.4, 0.5) is 0 Å². The van der Waals surface area contributed by atoms with E-state index >= 15 is 0 Å². The van der Waals surface area contributed by atoms with Crippen molar-refractivity contribution in [2.45, 2.75) is 83.3 Å². The van der Waals surface area contributed by atoms with E-state index in [4.69, 9.17) is 18.7 Å². The number of rotatable bonds is 8. The molecule has 0 saturated carbocycles. The van der Waals surface area contributed by atoms with Crippen LogP contribution in [-0.2, 0) is 18.7 Å². The predicted molar refractivity (Wildman–Crippen MR) is 117 cm³/mol. The van der Waals surface area contributed by atoms with Crippen LogP contribution in [0.25, 0.3) is 0 Å². The van der Waals surface area contributed by atoms with E-state index in [1.54, 1.807) is 12.2 Å². The molecule has 0 bridgehead atoms. The van der Waals surface area contributed by atoms with Gasteiger partial charge < -0.3 is 13.9 Å². The topological polar surface area (TPSA) is 95.0 Å². The van der Waals surface area contributed by atoms with Crippen LogP contribution in [0.15, 0.2) is 21.9 Å². The van der Waals surface area contributed by atoms with Gasteiger partial charge >= 0.3 is 5.69 Å². The lowest BCUT2D eigenvalue weighted by Crippen LogP contribution is -2.50. The Labute approximate surface area is 179 Å². The quantitative estimate of drug-likeness (QED) is 0.486. The first kappa shape index (κ1) is 25.0. The summed E-state index contributed by atoms with van der Waals surface area (Å²) in [4.78, 5) is 32.1. The molecule has 0 amide bonds. The monoisotopic (exact) mass is 443 g/mol. The highest BCUT2D eigenvalue weighted by Gasteiger charge is 2.51. The highest BCUT2D eigenvalue weighted by molar-refractivity contribution is 6.74. The van der Waals surface area contributed by atoms with Crippen molar-refractivity contribution in [1.82, 2.24) is 14.6 Å². The number of hydrogen-bond donors (Lipinski definition) is 1. The molecule has 1 aliphatic rings. The molecule has 1 N–H and O–H groups in total. The van der Waals surface area contributed by atoms with Gasteiger partial charge in [-0.3, -0.25) is 19.2 Å². The average Bonchev–Trinajstić information content (AvgIpc) is 2.95. The molecule has 10 heteroatoms. The Morgan fingerprint density at radius 1 is 1.27 bits per heavy atom. The van der Waals surface area contributed by atoms with Crippen LogP contribution in [0.5, 0.6) is 0 Å². The minimum Gasteiger partial charge on any atom is -0.408 e. The number of ether oxygens (including phenoxy) is 2. The van der Waals surface area contributed by atoms with Crippen molar-refractivity contribution in [3.63, 3.8) is 0 Å². The predicted octanol–water partition coefficient (Wildman–Crippen LogP) is 2.11. The molecule has 0 aromatic carbocycles. The fourth-order valence-electron chi connectivity index (χ4n) is 2.94. The highest BCUT2D eigenvalue weighted by atomic mass is 28.4. The smallest absolute Gasteiger partial charge is 0.330 e. The van der Waals surface area contributed by atoms with Gasteiger partial charge in [-0.05, 0) is 32.0 Å². The molecule has 2 heterocycles. The number of H-pyrrole nitrogens is 1. The summed E-state index contributed by atoms with van der Waals surface area (Å²) in [5.74, 6) is 0. The van der Waals surface area contributed by atoms with Crippen LogP contribution in [0, 0.1) is 0 Å². The van der Waals surface area contributed by atoms with Crippen molar-refractivity contribution in [3.05, 3.63) is 33.1 Å². The Bertz CT molecular complexity index is 816. The molecule has 9 nitrogen and oxygen atoms in total. The Morgan fingerprint density at radius 3 is 2.40 bits per heavy atom. The van der Waals surface area contributed by atoms with E-state index in [0.717, 1.165) is 0 Å². The Morgan fingerprint density at radius 2 is 1.90 bits per heavy atom. The van der Waals surface area contributed by atoms with Crippen molar-refractivity contribution in [2.24, 2.45) is 0 Å². The molecular weight excluding hydrogens is 406 g/mol. The zero-order chi connectivity index (χ0) is 22.9. The zero-order valence-electron chi connectivity index (χ0n) is 19.6. The first-order chi connectivity index (χ1) is 13.8. The van der Waals surface area contributed by atoms with Gasteiger partial charge in [0.1, 0.15) is 18.3 Å². The molecule has 172 valence electrons. The van der Waals surface area contributed by atoms with Crippen LogP contribution in [0.2, 0.25) is 18.1 Å². The third-order valence-corrected chi connectivity index (χ3v) is 10.6. The normalized spacial score (nSPS) is 25.4. The summed E-state index contributed by atoms with van der Waals surface area (Å²) in [6.07, 6.45) is -0.743. The van der Waals surface area contributed by atoms with E-state index < -0.39 is 44.1 Å². The molecule has 1 aromatic rings. The standard InChI is InChI=1S/C20H37N3O6Si/c1-13(2)22(6)27-12-14-16(29-30(8,9)20(3,4)5)17(26-7)18(28-14)23-11-10-15(24)21-19(23)25/h10-11,13-14,16-18H,12H2,1-9H3,(H,21,24,25)/t14-,16?,17?,18-/m1/s1. The lowest BCUT2D eigenvalue weighted by Gasteiger charge is -2.40. The second-order valence-corrected chi connectivity index (χ2v) is 14.3. The molecule has 0 spiro atoms. The number of nitrogens with one attached hydrogen (secondary N) is 1. The summed E-state index contributed by atoms with van der Waals surface area (Å²) in [5, 5.41) is 1.74. The van der Waals surface area contributed by atoms with Gasteiger partial charge in [0, 0.05) is 32.5 Å². The van der Waals surface area contributed by atoms with Crippen molar-refractivity contribution in [3.8, 4) is 0 Å². The third kappa shape index (κ3) is 5.48. The maximum absolute atomic E-state index is 12.4. The van der Waals surface area contributed by atoms with Crippen molar-refractivity contribution < 1.29 is 18.7 Å². The lowest BCUT2D eigenvalue weighted by molar-refractivity contribution is -0.193. The number of hydroxylamine groups is 2.